The topological polar surface area (TPSA) is 65.1 Å². The van der Waals surface area contributed by atoms with Crippen LogP contribution in [0.4, 0.5) is 0 Å². The van der Waals surface area contributed by atoms with Crippen LogP contribution in [0.3, 0.4) is 0 Å². The average Bonchev–Trinajstić information content (AvgIpc) is 3.19. The van der Waals surface area contributed by atoms with Crippen LogP contribution in [0.5, 0.6) is 11.5 Å². The minimum Gasteiger partial charge on any atom is -0.466 e. The summed E-state index contributed by atoms with van der Waals surface area (Å²) in [5, 5.41) is 0. The number of hydrogen-bond donors (Lipinski definition) is 0. The van der Waals surface area contributed by atoms with Gasteiger partial charge in [0.05, 0.1) is 12.5 Å². The number of carbonyl (C=O) groups excluding carboxylic acids is 2. The summed E-state index contributed by atoms with van der Waals surface area (Å²) in [6.07, 6.45) is 1.26. The number of rotatable bonds is 7. The van der Waals surface area contributed by atoms with Crippen LogP contribution in [0.15, 0.2) is 18.2 Å². The van der Waals surface area contributed by atoms with Crippen molar-refractivity contribution in [3.05, 3.63) is 23.8 Å². The third-order valence-corrected chi connectivity index (χ3v) is 4.81. The van der Waals surface area contributed by atoms with Crippen LogP contribution in [0.25, 0.3) is 0 Å². The van der Waals surface area contributed by atoms with Crippen molar-refractivity contribution in [3.63, 3.8) is 0 Å². The van der Waals surface area contributed by atoms with Gasteiger partial charge in [0.15, 0.2) is 11.5 Å². The summed E-state index contributed by atoms with van der Waals surface area (Å²) >= 11 is 0. The van der Waals surface area contributed by atoms with E-state index in [0.29, 0.717) is 31.9 Å². The van der Waals surface area contributed by atoms with Gasteiger partial charge < -0.3 is 19.1 Å². The molecule has 0 unspecified atom stereocenters. The first-order valence-electron chi connectivity index (χ1n) is 9.60. The molecule has 1 aromatic carbocycles. The molecule has 0 spiro atoms. The van der Waals surface area contributed by atoms with Crippen molar-refractivity contribution in [1.29, 1.82) is 0 Å². The Balaban J connectivity index is 1.68. The highest BCUT2D eigenvalue weighted by molar-refractivity contribution is 5.78. The molecule has 1 saturated carbocycles. The number of amides is 1. The van der Waals surface area contributed by atoms with Crippen LogP contribution >= 0.6 is 0 Å². The summed E-state index contributed by atoms with van der Waals surface area (Å²) in [7, 11) is 0. The molecule has 1 fully saturated rings. The Kier molecular flexibility index (Phi) is 5.63. The van der Waals surface area contributed by atoms with E-state index in [9.17, 15) is 9.59 Å². The fourth-order valence-corrected chi connectivity index (χ4v) is 3.35. The maximum absolute atomic E-state index is 12.9. The number of ether oxygens (including phenoxy) is 3. The van der Waals surface area contributed by atoms with E-state index >= 15 is 0 Å². The van der Waals surface area contributed by atoms with Crippen LogP contribution in [0.2, 0.25) is 0 Å². The highest BCUT2D eigenvalue weighted by Gasteiger charge is 2.45. The Morgan fingerprint density at radius 3 is 2.67 bits per heavy atom. The molecule has 27 heavy (non-hydrogen) atoms. The molecule has 0 N–H and O–H groups in total. The average molecular weight is 375 g/mol. The third-order valence-electron chi connectivity index (χ3n) is 4.81. The van der Waals surface area contributed by atoms with Gasteiger partial charge in [0.2, 0.25) is 12.7 Å². The Labute approximate surface area is 160 Å². The van der Waals surface area contributed by atoms with Crippen LogP contribution in [0.1, 0.15) is 46.1 Å². The predicted molar refractivity (Wildman–Crippen MR) is 100 cm³/mol. The van der Waals surface area contributed by atoms with Gasteiger partial charge in [-0.15, -0.1) is 0 Å². The summed E-state index contributed by atoms with van der Waals surface area (Å²) in [6.45, 7) is 9.69. The molecule has 0 saturated heterocycles. The van der Waals surface area contributed by atoms with E-state index in [1.807, 2.05) is 30.0 Å². The quantitative estimate of drug-likeness (QED) is 0.684. The van der Waals surface area contributed by atoms with Crippen molar-refractivity contribution in [3.8, 4) is 11.5 Å². The fraction of sp³-hybridized carbons (Fsp3) is 0.619. The van der Waals surface area contributed by atoms with E-state index in [-0.39, 0.29) is 35.9 Å². The number of esters is 1. The molecule has 1 aromatic rings. The van der Waals surface area contributed by atoms with Gasteiger partial charge in [-0.1, -0.05) is 26.8 Å². The lowest BCUT2D eigenvalue weighted by molar-refractivity contribution is -0.145. The van der Waals surface area contributed by atoms with Crippen molar-refractivity contribution in [2.75, 3.05) is 19.9 Å². The minimum absolute atomic E-state index is 0.0772. The first-order valence-corrected chi connectivity index (χ1v) is 9.60. The molecule has 1 aliphatic heterocycles. The Morgan fingerprint density at radius 1 is 1.22 bits per heavy atom. The second-order valence-corrected chi connectivity index (χ2v) is 8.55. The lowest BCUT2D eigenvalue weighted by Crippen LogP contribution is -2.35. The standard InChI is InChI=1S/C21H29NO5/c1-5-25-20(24)16-9-15(16)12-22(19(23)10-21(2,3)4)11-14-6-7-17-18(8-14)27-13-26-17/h6-8,15-16H,5,9-13H2,1-4H3/t15-,16-/m0/s1. The second kappa shape index (κ2) is 7.79. The van der Waals surface area contributed by atoms with Crippen molar-refractivity contribution in [2.24, 2.45) is 17.3 Å². The van der Waals surface area contributed by atoms with Crippen molar-refractivity contribution >= 4 is 11.9 Å². The monoisotopic (exact) mass is 375 g/mol. The summed E-state index contributed by atoms with van der Waals surface area (Å²) in [6, 6.07) is 5.76. The van der Waals surface area contributed by atoms with Crippen LogP contribution in [0, 0.1) is 17.3 Å². The number of fused-ring (bicyclic) bond motifs is 1. The first-order chi connectivity index (χ1) is 12.8. The molecule has 6 heteroatoms. The van der Waals surface area contributed by atoms with Crippen LogP contribution < -0.4 is 9.47 Å². The SMILES string of the molecule is CCOC(=O)[C@H]1C[C@H]1CN(Cc1ccc2c(c1)OCO2)C(=O)CC(C)(C)C. The van der Waals surface area contributed by atoms with Gasteiger partial charge in [-0.2, -0.15) is 0 Å². The molecular formula is C21H29NO5. The molecule has 0 aromatic heterocycles. The summed E-state index contributed by atoms with van der Waals surface area (Å²) in [4.78, 5) is 26.7. The van der Waals surface area contributed by atoms with Crippen molar-refractivity contribution < 1.29 is 23.8 Å². The number of nitrogens with zero attached hydrogens (tertiary/aromatic N) is 1. The van der Waals surface area contributed by atoms with E-state index in [4.69, 9.17) is 14.2 Å². The van der Waals surface area contributed by atoms with E-state index in [0.717, 1.165) is 17.7 Å². The van der Waals surface area contributed by atoms with Gasteiger partial charge in [-0.05, 0) is 42.4 Å². The summed E-state index contributed by atoms with van der Waals surface area (Å²) < 4.78 is 15.9. The lowest BCUT2D eigenvalue weighted by atomic mass is 9.91. The Morgan fingerprint density at radius 2 is 1.96 bits per heavy atom. The normalized spacial score (nSPS) is 20.3. The maximum atomic E-state index is 12.9. The zero-order valence-electron chi connectivity index (χ0n) is 16.6. The molecule has 2 aliphatic rings. The Bertz CT molecular complexity index is 709. The fourth-order valence-electron chi connectivity index (χ4n) is 3.35. The Hall–Kier alpha value is -2.24. The first kappa shape index (κ1) is 19.5. The largest absolute Gasteiger partial charge is 0.466 e. The second-order valence-electron chi connectivity index (χ2n) is 8.55. The third kappa shape index (κ3) is 5.15. The number of carbonyl (C=O) groups is 2. The number of benzene rings is 1. The molecule has 148 valence electrons. The smallest absolute Gasteiger partial charge is 0.309 e. The molecule has 1 amide bonds. The zero-order valence-corrected chi connectivity index (χ0v) is 16.6. The molecule has 0 bridgehead atoms. The highest BCUT2D eigenvalue weighted by Crippen LogP contribution is 2.41. The van der Waals surface area contributed by atoms with E-state index in [2.05, 4.69) is 20.8 Å². The summed E-state index contributed by atoms with van der Waals surface area (Å²) in [5.74, 6) is 1.51. The number of hydrogen-bond acceptors (Lipinski definition) is 5. The molecule has 1 heterocycles. The van der Waals surface area contributed by atoms with Gasteiger partial charge in [0.25, 0.3) is 0 Å². The molecular weight excluding hydrogens is 346 g/mol. The summed E-state index contributed by atoms with van der Waals surface area (Å²) in [5.41, 5.74) is 0.906. The van der Waals surface area contributed by atoms with E-state index in [1.165, 1.54) is 0 Å². The maximum Gasteiger partial charge on any atom is 0.309 e. The molecule has 6 nitrogen and oxygen atoms in total. The van der Waals surface area contributed by atoms with Crippen LogP contribution in [-0.4, -0.2) is 36.7 Å². The molecule has 3 rings (SSSR count). The zero-order chi connectivity index (χ0) is 19.6. The molecule has 1 aliphatic carbocycles. The van der Waals surface area contributed by atoms with E-state index < -0.39 is 0 Å². The lowest BCUT2D eigenvalue weighted by Gasteiger charge is -2.27. The van der Waals surface area contributed by atoms with Crippen molar-refractivity contribution in [1.82, 2.24) is 4.90 Å². The molecule has 0 radical (unpaired) electrons. The van der Waals surface area contributed by atoms with Gasteiger partial charge in [0, 0.05) is 19.5 Å². The van der Waals surface area contributed by atoms with Crippen LogP contribution in [-0.2, 0) is 20.9 Å². The van der Waals surface area contributed by atoms with E-state index in [1.54, 1.807) is 0 Å². The molecule has 2 atom stereocenters. The highest BCUT2D eigenvalue weighted by atomic mass is 16.7. The van der Waals surface area contributed by atoms with Crippen molar-refractivity contribution in [2.45, 2.75) is 47.1 Å². The minimum atomic E-state index is -0.145. The van der Waals surface area contributed by atoms with Gasteiger partial charge >= 0.3 is 5.97 Å². The predicted octanol–water partition coefficient (Wildman–Crippen LogP) is 3.38. The van der Waals surface area contributed by atoms with Gasteiger partial charge in [-0.3, -0.25) is 9.59 Å². The van der Waals surface area contributed by atoms with Gasteiger partial charge in [0.1, 0.15) is 0 Å². The van der Waals surface area contributed by atoms with Gasteiger partial charge in [-0.25, -0.2) is 0 Å².